The minimum absolute atomic E-state index is 0.374. The Bertz CT molecular complexity index is 562. The van der Waals surface area contributed by atoms with Crippen LogP contribution in [0.2, 0.25) is 0 Å². The Morgan fingerprint density at radius 1 is 1.10 bits per heavy atom. The minimum Gasteiger partial charge on any atom is -0.307 e. The first-order valence-electron chi connectivity index (χ1n) is 6.23. The van der Waals surface area contributed by atoms with Crippen LogP contribution in [0.1, 0.15) is 22.4 Å². The molecule has 2 aromatic rings. The van der Waals surface area contributed by atoms with Crippen LogP contribution >= 0.6 is 0 Å². The maximum Gasteiger partial charge on any atom is 0.416 e. The molecule has 2 rings (SSSR count). The first kappa shape index (κ1) is 14.5. The topological polar surface area (TPSA) is 24.9 Å². The Balaban J connectivity index is 1.93. The Kier molecular flexibility index (Phi) is 4.39. The highest BCUT2D eigenvalue weighted by atomic mass is 19.4. The lowest BCUT2D eigenvalue weighted by Gasteiger charge is -2.09. The summed E-state index contributed by atoms with van der Waals surface area (Å²) in [5, 5.41) is 3.09. The number of hydrogen-bond acceptors (Lipinski definition) is 2. The van der Waals surface area contributed by atoms with Gasteiger partial charge in [-0.1, -0.05) is 24.3 Å². The molecule has 0 bridgehead atoms. The lowest BCUT2D eigenvalue weighted by Crippen LogP contribution is -2.14. The van der Waals surface area contributed by atoms with Crippen LogP contribution in [0.15, 0.2) is 42.6 Å². The van der Waals surface area contributed by atoms with Crippen molar-refractivity contribution in [3.05, 3.63) is 65.0 Å². The number of benzene rings is 1. The number of pyridine rings is 1. The molecule has 1 aromatic carbocycles. The summed E-state index contributed by atoms with van der Waals surface area (Å²) in [4.78, 5) is 4.22. The summed E-state index contributed by atoms with van der Waals surface area (Å²) in [6, 6.07) is 9.18. The zero-order valence-corrected chi connectivity index (χ0v) is 11.0. The fourth-order valence-corrected chi connectivity index (χ4v) is 1.80. The van der Waals surface area contributed by atoms with Crippen molar-refractivity contribution in [1.82, 2.24) is 10.3 Å². The van der Waals surface area contributed by atoms with Crippen LogP contribution in [0.3, 0.4) is 0 Å². The molecule has 0 spiro atoms. The van der Waals surface area contributed by atoms with Crippen molar-refractivity contribution < 1.29 is 13.2 Å². The van der Waals surface area contributed by atoms with Gasteiger partial charge in [-0.05, 0) is 30.2 Å². The fourth-order valence-electron chi connectivity index (χ4n) is 1.80. The van der Waals surface area contributed by atoms with E-state index in [1.54, 1.807) is 12.3 Å². The predicted octanol–water partition coefficient (Wildman–Crippen LogP) is 3.70. The maximum atomic E-state index is 12.6. The van der Waals surface area contributed by atoms with Gasteiger partial charge in [0.25, 0.3) is 0 Å². The van der Waals surface area contributed by atoms with E-state index >= 15 is 0 Å². The monoisotopic (exact) mass is 280 g/mol. The molecule has 0 radical (unpaired) electrons. The second kappa shape index (κ2) is 6.05. The van der Waals surface area contributed by atoms with E-state index in [9.17, 15) is 13.2 Å². The van der Waals surface area contributed by atoms with Crippen molar-refractivity contribution in [2.45, 2.75) is 26.2 Å². The molecule has 0 aliphatic carbocycles. The van der Waals surface area contributed by atoms with E-state index in [0.29, 0.717) is 18.7 Å². The Morgan fingerprint density at radius 3 is 2.55 bits per heavy atom. The predicted molar refractivity (Wildman–Crippen MR) is 71.0 cm³/mol. The highest BCUT2D eigenvalue weighted by Gasteiger charge is 2.30. The summed E-state index contributed by atoms with van der Waals surface area (Å²) < 4.78 is 37.7. The third-order valence-corrected chi connectivity index (χ3v) is 2.86. The molecule has 0 atom stereocenters. The van der Waals surface area contributed by atoms with Gasteiger partial charge in [0.05, 0.1) is 11.3 Å². The maximum absolute atomic E-state index is 12.6. The highest BCUT2D eigenvalue weighted by Crippen LogP contribution is 2.29. The number of nitrogens with one attached hydrogen (secondary N) is 1. The Morgan fingerprint density at radius 2 is 1.90 bits per heavy atom. The first-order chi connectivity index (χ1) is 9.45. The summed E-state index contributed by atoms with van der Waals surface area (Å²) in [5.41, 5.74) is 1.92. The molecule has 0 saturated heterocycles. The zero-order chi connectivity index (χ0) is 14.6. The number of hydrogen-bond donors (Lipinski definition) is 1. The third-order valence-electron chi connectivity index (χ3n) is 2.86. The number of halogens is 3. The fraction of sp³-hybridized carbons (Fsp3) is 0.267. The lowest BCUT2D eigenvalue weighted by atomic mass is 10.1. The van der Waals surface area contributed by atoms with Crippen LogP contribution in [-0.4, -0.2) is 4.98 Å². The van der Waals surface area contributed by atoms with Gasteiger partial charge in [0.1, 0.15) is 0 Å². The SMILES string of the molecule is Cc1ccc(CNCc2cccc(C(F)(F)F)c2)nc1. The van der Waals surface area contributed by atoms with E-state index in [-0.39, 0.29) is 0 Å². The molecular formula is C15H15F3N2. The van der Waals surface area contributed by atoms with Gasteiger partial charge in [0.2, 0.25) is 0 Å². The molecular weight excluding hydrogens is 265 g/mol. The van der Waals surface area contributed by atoms with Gasteiger partial charge in [-0.25, -0.2) is 0 Å². The molecule has 0 saturated carbocycles. The summed E-state index contributed by atoms with van der Waals surface area (Å²) in [5.74, 6) is 0. The summed E-state index contributed by atoms with van der Waals surface area (Å²) in [6.07, 6.45) is -2.53. The lowest BCUT2D eigenvalue weighted by molar-refractivity contribution is -0.137. The normalized spacial score (nSPS) is 11.6. The number of alkyl halides is 3. The van der Waals surface area contributed by atoms with Crippen LogP contribution < -0.4 is 5.32 Å². The minimum atomic E-state index is -4.30. The molecule has 0 aliphatic rings. The van der Waals surface area contributed by atoms with Crippen molar-refractivity contribution in [3.8, 4) is 0 Å². The molecule has 0 unspecified atom stereocenters. The van der Waals surface area contributed by atoms with Gasteiger partial charge >= 0.3 is 6.18 Å². The quantitative estimate of drug-likeness (QED) is 0.923. The second-order valence-electron chi connectivity index (χ2n) is 4.63. The van der Waals surface area contributed by atoms with Gasteiger partial charge < -0.3 is 5.32 Å². The van der Waals surface area contributed by atoms with Crippen molar-refractivity contribution >= 4 is 0 Å². The molecule has 0 fully saturated rings. The molecule has 5 heteroatoms. The largest absolute Gasteiger partial charge is 0.416 e. The van der Waals surface area contributed by atoms with Crippen molar-refractivity contribution in [2.24, 2.45) is 0 Å². The average Bonchev–Trinajstić information content (AvgIpc) is 2.40. The Hall–Kier alpha value is -1.88. The van der Waals surface area contributed by atoms with Crippen LogP contribution in [0.4, 0.5) is 13.2 Å². The molecule has 0 amide bonds. The van der Waals surface area contributed by atoms with Gasteiger partial charge in [-0.15, -0.1) is 0 Å². The van der Waals surface area contributed by atoms with Crippen LogP contribution in [0.5, 0.6) is 0 Å². The van der Waals surface area contributed by atoms with E-state index in [2.05, 4.69) is 10.3 Å². The molecule has 1 N–H and O–H groups in total. The molecule has 2 nitrogen and oxygen atoms in total. The first-order valence-corrected chi connectivity index (χ1v) is 6.23. The second-order valence-corrected chi connectivity index (χ2v) is 4.63. The van der Waals surface area contributed by atoms with E-state index in [1.807, 2.05) is 19.1 Å². The highest BCUT2D eigenvalue weighted by molar-refractivity contribution is 5.25. The van der Waals surface area contributed by atoms with Gasteiger partial charge in [-0.2, -0.15) is 13.2 Å². The van der Waals surface area contributed by atoms with Crippen LogP contribution in [-0.2, 0) is 19.3 Å². The van der Waals surface area contributed by atoms with Gasteiger partial charge in [-0.3, -0.25) is 4.98 Å². The van der Waals surface area contributed by atoms with Crippen LogP contribution in [0, 0.1) is 6.92 Å². The molecule has 20 heavy (non-hydrogen) atoms. The van der Waals surface area contributed by atoms with Crippen molar-refractivity contribution in [3.63, 3.8) is 0 Å². The standard InChI is InChI=1S/C15H15F3N2/c1-11-5-6-14(20-8-11)10-19-9-12-3-2-4-13(7-12)15(16,17)18/h2-8,19H,9-10H2,1H3. The number of aryl methyl sites for hydroxylation is 1. The molecule has 0 aliphatic heterocycles. The summed E-state index contributed by atoms with van der Waals surface area (Å²) in [6.45, 7) is 2.85. The van der Waals surface area contributed by atoms with E-state index in [0.717, 1.165) is 23.4 Å². The number of nitrogens with zero attached hydrogens (tertiary/aromatic N) is 1. The Labute approximate surface area is 115 Å². The smallest absolute Gasteiger partial charge is 0.307 e. The number of rotatable bonds is 4. The van der Waals surface area contributed by atoms with Crippen molar-refractivity contribution in [2.75, 3.05) is 0 Å². The van der Waals surface area contributed by atoms with Crippen molar-refractivity contribution in [1.29, 1.82) is 0 Å². The third kappa shape index (κ3) is 4.06. The van der Waals surface area contributed by atoms with E-state index in [1.165, 1.54) is 6.07 Å². The van der Waals surface area contributed by atoms with E-state index < -0.39 is 11.7 Å². The van der Waals surface area contributed by atoms with E-state index in [4.69, 9.17) is 0 Å². The average molecular weight is 280 g/mol. The zero-order valence-electron chi connectivity index (χ0n) is 11.0. The summed E-state index contributed by atoms with van der Waals surface area (Å²) >= 11 is 0. The molecule has 1 heterocycles. The van der Waals surface area contributed by atoms with Gasteiger partial charge in [0.15, 0.2) is 0 Å². The van der Waals surface area contributed by atoms with Gasteiger partial charge in [0, 0.05) is 19.3 Å². The number of aromatic nitrogens is 1. The molecule has 1 aromatic heterocycles. The summed E-state index contributed by atoms with van der Waals surface area (Å²) in [7, 11) is 0. The van der Waals surface area contributed by atoms with Crippen LogP contribution in [0.25, 0.3) is 0 Å². The molecule has 106 valence electrons.